The van der Waals surface area contributed by atoms with Crippen LogP contribution in [0.1, 0.15) is 12.0 Å². The predicted molar refractivity (Wildman–Crippen MR) is 97.0 cm³/mol. The average molecular weight is 424 g/mol. The molecule has 0 aromatic heterocycles. The lowest BCUT2D eigenvalue weighted by molar-refractivity contribution is -0.143. The van der Waals surface area contributed by atoms with Gasteiger partial charge in [-0.15, -0.1) is 0 Å². The quantitative estimate of drug-likeness (QED) is 0.600. The molecule has 1 aromatic carbocycles. The fraction of sp³-hybridized carbons (Fsp3) is 0.389. The van der Waals surface area contributed by atoms with E-state index in [1.807, 2.05) is 12.2 Å². The first-order valence-electron chi connectivity index (χ1n) is 8.16. The van der Waals surface area contributed by atoms with E-state index in [0.717, 1.165) is 21.4 Å². The van der Waals surface area contributed by atoms with Gasteiger partial charge in [-0.1, -0.05) is 23.8 Å². The largest absolute Gasteiger partial charge is 0.324 e. The molecule has 3 amide bonds. The zero-order valence-electron chi connectivity index (χ0n) is 13.5. The van der Waals surface area contributed by atoms with Crippen LogP contribution in [0.2, 0.25) is 5.02 Å². The Balaban J connectivity index is 1.48. The molecule has 7 heteroatoms. The molecule has 1 heterocycles. The number of allylic oxidation sites excluding steroid dienone is 2. The summed E-state index contributed by atoms with van der Waals surface area (Å²) >= 11 is 9.49. The molecule has 1 aromatic rings. The normalized spacial score (nSPS) is 29.5. The first kappa shape index (κ1) is 16.8. The third-order valence-electron chi connectivity index (χ3n) is 5.48. The highest BCUT2D eigenvalue weighted by atomic mass is 79.9. The number of nitrogens with zero attached hydrogens (tertiary/aromatic N) is 1. The van der Waals surface area contributed by atoms with Gasteiger partial charge in [-0.05, 0) is 58.8 Å². The highest BCUT2D eigenvalue weighted by molar-refractivity contribution is 9.10. The van der Waals surface area contributed by atoms with Gasteiger partial charge in [0.05, 0.1) is 16.9 Å². The zero-order valence-corrected chi connectivity index (χ0v) is 15.8. The number of likely N-dealkylation sites (tertiary alicyclic amines) is 1. The van der Waals surface area contributed by atoms with Crippen molar-refractivity contribution in [1.82, 2.24) is 4.90 Å². The Morgan fingerprint density at radius 1 is 1.24 bits per heavy atom. The lowest BCUT2D eigenvalue weighted by Gasteiger charge is -2.17. The van der Waals surface area contributed by atoms with Gasteiger partial charge in [-0.25, -0.2) is 0 Å². The number of rotatable bonds is 3. The van der Waals surface area contributed by atoms with Gasteiger partial charge in [0.1, 0.15) is 6.54 Å². The molecule has 2 aliphatic carbocycles. The maximum absolute atomic E-state index is 12.6. The number of imide groups is 1. The number of benzene rings is 1. The molecule has 4 rings (SSSR count). The van der Waals surface area contributed by atoms with E-state index >= 15 is 0 Å². The number of amides is 3. The van der Waals surface area contributed by atoms with Gasteiger partial charge < -0.3 is 5.32 Å². The van der Waals surface area contributed by atoms with Gasteiger partial charge in [0.25, 0.3) is 0 Å². The number of halogens is 2. The first-order chi connectivity index (χ1) is 11.9. The van der Waals surface area contributed by atoms with Crippen molar-refractivity contribution in [3.63, 3.8) is 0 Å². The van der Waals surface area contributed by atoms with Crippen molar-refractivity contribution in [3.05, 3.63) is 39.3 Å². The number of nitrogens with one attached hydrogen (secondary N) is 1. The average Bonchev–Trinajstić information content (AvgIpc) is 3.25. The van der Waals surface area contributed by atoms with Crippen LogP contribution in [0.3, 0.4) is 0 Å². The first-order valence-corrected chi connectivity index (χ1v) is 9.33. The highest BCUT2D eigenvalue weighted by Crippen LogP contribution is 2.52. The van der Waals surface area contributed by atoms with Gasteiger partial charge in [0, 0.05) is 10.2 Å². The number of anilines is 1. The maximum atomic E-state index is 12.6. The lowest BCUT2D eigenvalue weighted by atomic mass is 9.85. The SMILES string of the molecule is Cc1c(NC(=O)CN2C(=O)[C@@H]3[C@H](C2=O)[C@H]2C=C[C@H]3C2)ccc(Br)c1Cl. The smallest absolute Gasteiger partial charge is 0.244 e. The third kappa shape index (κ3) is 2.54. The Morgan fingerprint density at radius 3 is 2.44 bits per heavy atom. The van der Waals surface area contributed by atoms with E-state index in [-0.39, 0.29) is 42.0 Å². The fourth-order valence-electron chi connectivity index (χ4n) is 4.24. The minimum atomic E-state index is -0.400. The van der Waals surface area contributed by atoms with Crippen LogP contribution in [-0.2, 0) is 14.4 Å². The molecule has 2 bridgehead atoms. The summed E-state index contributed by atoms with van der Waals surface area (Å²) in [5.41, 5.74) is 1.29. The molecule has 0 spiro atoms. The third-order valence-corrected chi connectivity index (χ3v) is 6.85. The summed E-state index contributed by atoms with van der Waals surface area (Å²) in [7, 11) is 0. The summed E-state index contributed by atoms with van der Waals surface area (Å²) in [5.74, 6) is -1.10. The number of carbonyl (C=O) groups excluding carboxylic acids is 3. The molecular formula is C18H16BrClN2O3. The summed E-state index contributed by atoms with van der Waals surface area (Å²) in [6, 6.07) is 3.47. The molecule has 1 saturated carbocycles. The van der Waals surface area contributed by atoms with Crippen molar-refractivity contribution in [2.75, 3.05) is 11.9 Å². The molecule has 3 aliphatic rings. The van der Waals surface area contributed by atoms with E-state index in [1.165, 1.54) is 0 Å². The molecule has 2 fully saturated rings. The van der Waals surface area contributed by atoms with Crippen LogP contribution < -0.4 is 5.32 Å². The molecule has 0 unspecified atom stereocenters. The Kier molecular flexibility index (Phi) is 4.00. The van der Waals surface area contributed by atoms with Crippen molar-refractivity contribution in [2.45, 2.75) is 13.3 Å². The van der Waals surface area contributed by atoms with Crippen LogP contribution in [0.4, 0.5) is 5.69 Å². The van der Waals surface area contributed by atoms with Crippen molar-refractivity contribution in [2.24, 2.45) is 23.7 Å². The Bertz CT molecular complexity index is 808. The molecule has 5 nitrogen and oxygen atoms in total. The number of hydrogen-bond acceptors (Lipinski definition) is 3. The topological polar surface area (TPSA) is 66.5 Å². The second-order valence-electron chi connectivity index (χ2n) is 6.84. The molecule has 1 N–H and O–H groups in total. The van der Waals surface area contributed by atoms with Crippen LogP contribution in [0.5, 0.6) is 0 Å². The van der Waals surface area contributed by atoms with Gasteiger partial charge in [-0.3, -0.25) is 19.3 Å². The van der Waals surface area contributed by atoms with Gasteiger partial charge >= 0.3 is 0 Å². The Hall–Kier alpha value is -1.66. The fourth-order valence-corrected chi connectivity index (χ4v) is 4.84. The van der Waals surface area contributed by atoms with Crippen LogP contribution in [-0.4, -0.2) is 29.2 Å². The Labute approximate surface area is 158 Å². The van der Waals surface area contributed by atoms with E-state index in [4.69, 9.17) is 11.6 Å². The molecular weight excluding hydrogens is 408 g/mol. The maximum Gasteiger partial charge on any atom is 0.244 e. The van der Waals surface area contributed by atoms with E-state index < -0.39 is 5.91 Å². The summed E-state index contributed by atoms with van der Waals surface area (Å²) in [6.45, 7) is 1.54. The van der Waals surface area contributed by atoms with E-state index in [9.17, 15) is 14.4 Å². The number of hydrogen-bond donors (Lipinski definition) is 1. The van der Waals surface area contributed by atoms with E-state index in [1.54, 1.807) is 19.1 Å². The van der Waals surface area contributed by atoms with Crippen LogP contribution in [0.15, 0.2) is 28.8 Å². The van der Waals surface area contributed by atoms with Crippen molar-refractivity contribution < 1.29 is 14.4 Å². The van der Waals surface area contributed by atoms with Crippen LogP contribution >= 0.6 is 27.5 Å². The summed E-state index contributed by atoms with van der Waals surface area (Å²) < 4.78 is 0.741. The standard InChI is InChI=1S/C18H16BrClN2O3/c1-8-12(5-4-11(19)16(8)20)21-13(23)7-22-17(24)14-9-2-3-10(6-9)15(14)18(22)25/h2-5,9-10,14-15H,6-7H2,1H3,(H,21,23)/t9-,10-,14-,15+/m0/s1. The van der Waals surface area contributed by atoms with Crippen molar-refractivity contribution in [1.29, 1.82) is 0 Å². The molecule has 4 atom stereocenters. The van der Waals surface area contributed by atoms with E-state index in [0.29, 0.717) is 10.7 Å². The van der Waals surface area contributed by atoms with Crippen LogP contribution in [0.25, 0.3) is 0 Å². The highest BCUT2D eigenvalue weighted by Gasteiger charge is 2.59. The lowest BCUT2D eigenvalue weighted by Crippen LogP contribution is -2.39. The second kappa shape index (κ2) is 5.95. The minimum absolute atomic E-state index is 0.145. The zero-order chi connectivity index (χ0) is 17.9. The molecule has 1 aliphatic heterocycles. The summed E-state index contributed by atoms with van der Waals surface area (Å²) in [5, 5.41) is 3.26. The van der Waals surface area contributed by atoms with Gasteiger partial charge in [-0.2, -0.15) is 0 Å². The Morgan fingerprint density at radius 2 is 1.84 bits per heavy atom. The summed E-state index contributed by atoms with van der Waals surface area (Å²) in [4.78, 5) is 38.7. The molecule has 130 valence electrons. The van der Waals surface area contributed by atoms with Gasteiger partial charge in [0.15, 0.2) is 0 Å². The van der Waals surface area contributed by atoms with E-state index in [2.05, 4.69) is 21.2 Å². The predicted octanol–water partition coefficient (Wildman–Crippen LogP) is 3.16. The minimum Gasteiger partial charge on any atom is -0.324 e. The van der Waals surface area contributed by atoms with Crippen molar-refractivity contribution in [3.8, 4) is 0 Å². The van der Waals surface area contributed by atoms with Gasteiger partial charge in [0.2, 0.25) is 17.7 Å². The second-order valence-corrected chi connectivity index (χ2v) is 8.08. The monoisotopic (exact) mass is 422 g/mol. The number of carbonyl (C=O) groups is 3. The molecule has 25 heavy (non-hydrogen) atoms. The number of fused-ring (bicyclic) bond motifs is 5. The molecule has 0 radical (unpaired) electrons. The molecule has 1 saturated heterocycles. The van der Waals surface area contributed by atoms with Crippen LogP contribution in [0, 0.1) is 30.6 Å². The van der Waals surface area contributed by atoms with Crippen molar-refractivity contribution >= 4 is 50.9 Å². The summed E-state index contributed by atoms with van der Waals surface area (Å²) in [6.07, 6.45) is 4.95.